The molecule has 1 N–H and O–H groups in total. The third-order valence-electron chi connectivity index (χ3n) is 4.51. The van der Waals surface area contributed by atoms with E-state index in [4.69, 9.17) is 10.00 Å². The first-order chi connectivity index (χ1) is 13.7. The molecule has 0 saturated carbocycles. The smallest absolute Gasteiger partial charge is 0.187 e. The Morgan fingerprint density at radius 2 is 2.07 bits per heavy atom. The lowest BCUT2D eigenvalue weighted by molar-refractivity contribution is 0.0277. The van der Waals surface area contributed by atoms with Gasteiger partial charge in [-0.3, -0.25) is 4.79 Å². The lowest BCUT2D eigenvalue weighted by atomic mass is 10.0. The lowest BCUT2D eigenvalue weighted by Gasteiger charge is -2.24. The zero-order chi connectivity index (χ0) is 19.3. The van der Waals surface area contributed by atoms with Crippen LogP contribution in [-0.4, -0.2) is 45.2 Å². The predicted octanol–water partition coefficient (Wildman–Crippen LogP) is 2.04. The highest BCUT2D eigenvalue weighted by atomic mass is 35.5. The second-order valence-corrected chi connectivity index (χ2v) is 6.42. The van der Waals surface area contributed by atoms with Crippen LogP contribution in [0.4, 0.5) is 0 Å². The first kappa shape index (κ1) is 20.6. The largest absolute Gasteiger partial charge is 0.371 e. The number of carbonyl (C=O) groups excluding carboxylic acids is 1. The normalized spacial score (nSPS) is 15.9. The van der Waals surface area contributed by atoms with Gasteiger partial charge in [0.25, 0.3) is 0 Å². The number of nitrogens with zero attached hydrogens (tertiary/aromatic N) is 5. The zero-order valence-electron chi connectivity index (χ0n) is 15.5. The molecule has 1 aliphatic heterocycles. The fourth-order valence-corrected chi connectivity index (χ4v) is 3.00. The van der Waals surface area contributed by atoms with Gasteiger partial charge >= 0.3 is 0 Å². The molecule has 0 bridgehead atoms. The molecule has 29 heavy (non-hydrogen) atoms. The molecule has 4 rings (SSSR count). The lowest BCUT2D eigenvalue weighted by Crippen LogP contribution is -2.33. The Kier molecular flexibility index (Phi) is 6.67. The third kappa shape index (κ3) is 4.84. The number of hydrogen-bond acceptors (Lipinski definition) is 7. The number of rotatable bonds is 5. The summed E-state index contributed by atoms with van der Waals surface area (Å²) >= 11 is 0. The van der Waals surface area contributed by atoms with Gasteiger partial charge in [-0.2, -0.15) is 10.4 Å². The number of ether oxygens (including phenoxy) is 1. The van der Waals surface area contributed by atoms with Gasteiger partial charge < -0.3 is 10.1 Å². The maximum absolute atomic E-state index is 12.6. The average Bonchev–Trinajstić information content (AvgIpc) is 3.25. The second-order valence-electron chi connectivity index (χ2n) is 6.42. The summed E-state index contributed by atoms with van der Waals surface area (Å²) in [5.41, 5.74) is 2.61. The Balaban J connectivity index is 0.00000240. The van der Waals surface area contributed by atoms with E-state index < -0.39 is 0 Å². The molecule has 3 aromatic rings. The average molecular weight is 411 g/mol. The van der Waals surface area contributed by atoms with Gasteiger partial charge in [-0.25, -0.2) is 14.6 Å². The molecule has 1 aliphatic rings. The van der Waals surface area contributed by atoms with E-state index in [1.54, 1.807) is 12.3 Å². The number of benzene rings is 1. The Bertz CT molecular complexity index is 1000. The summed E-state index contributed by atoms with van der Waals surface area (Å²) in [5.74, 6) is 0.368. The number of morpholine rings is 1. The number of nitrogens with one attached hydrogen (secondary N) is 1. The van der Waals surface area contributed by atoms with Gasteiger partial charge in [0.05, 0.1) is 25.1 Å². The molecule has 9 heteroatoms. The molecule has 0 unspecified atom stereocenters. The van der Waals surface area contributed by atoms with Crippen LogP contribution < -0.4 is 5.32 Å². The molecular weight excluding hydrogens is 392 g/mol. The van der Waals surface area contributed by atoms with Gasteiger partial charge in [-0.15, -0.1) is 12.4 Å². The van der Waals surface area contributed by atoms with E-state index in [0.29, 0.717) is 18.1 Å². The molecule has 1 saturated heterocycles. The molecule has 3 heterocycles. The highest BCUT2D eigenvalue weighted by Crippen LogP contribution is 2.19. The molecule has 0 aliphatic carbocycles. The van der Waals surface area contributed by atoms with Crippen molar-refractivity contribution in [2.45, 2.75) is 12.5 Å². The number of ketones is 1. The van der Waals surface area contributed by atoms with E-state index in [1.807, 2.05) is 30.3 Å². The summed E-state index contributed by atoms with van der Waals surface area (Å²) in [6, 6.07) is 11.5. The van der Waals surface area contributed by atoms with Gasteiger partial charge in [0, 0.05) is 25.7 Å². The van der Waals surface area contributed by atoms with Crippen LogP contribution in [0.1, 0.15) is 33.4 Å². The number of Topliss-reactive ketones (excluding diaryl/α,β-unsaturated/α-hetero) is 1. The number of hydrogen-bond donors (Lipinski definition) is 1. The molecule has 0 radical (unpaired) electrons. The predicted molar refractivity (Wildman–Crippen MR) is 107 cm³/mol. The maximum atomic E-state index is 12.6. The van der Waals surface area contributed by atoms with Crippen molar-refractivity contribution in [3.8, 4) is 11.9 Å². The molecule has 1 fully saturated rings. The maximum Gasteiger partial charge on any atom is 0.187 e. The van der Waals surface area contributed by atoms with Crippen LogP contribution in [0, 0.1) is 11.3 Å². The minimum absolute atomic E-state index is 0. The quantitative estimate of drug-likeness (QED) is 0.641. The molecule has 1 atom stereocenters. The van der Waals surface area contributed by atoms with Crippen molar-refractivity contribution in [1.82, 2.24) is 25.1 Å². The Labute approximate surface area is 174 Å². The number of carbonyl (C=O) groups is 1. The SMILES string of the molecule is Cl.N#Cc1cnc(-n2ccc(C(=O)Cc3ccc([C@H]4CNCCO4)cc3)n2)cn1. The second kappa shape index (κ2) is 9.39. The number of aromatic nitrogens is 4. The van der Waals surface area contributed by atoms with E-state index >= 15 is 0 Å². The Hall–Kier alpha value is -3.12. The van der Waals surface area contributed by atoms with Crippen molar-refractivity contribution in [1.29, 1.82) is 5.26 Å². The van der Waals surface area contributed by atoms with E-state index in [2.05, 4.69) is 20.4 Å². The molecule has 2 aromatic heterocycles. The Morgan fingerprint density at radius 1 is 1.24 bits per heavy atom. The summed E-state index contributed by atoms with van der Waals surface area (Å²) in [6.07, 6.45) is 4.79. The summed E-state index contributed by atoms with van der Waals surface area (Å²) < 4.78 is 7.21. The van der Waals surface area contributed by atoms with Gasteiger partial charge in [0.2, 0.25) is 0 Å². The fraction of sp³-hybridized carbons (Fsp3) is 0.250. The third-order valence-corrected chi connectivity index (χ3v) is 4.51. The van der Waals surface area contributed by atoms with Crippen LogP contribution in [0.3, 0.4) is 0 Å². The van der Waals surface area contributed by atoms with E-state index in [0.717, 1.165) is 24.2 Å². The van der Waals surface area contributed by atoms with Gasteiger partial charge in [0.15, 0.2) is 17.3 Å². The number of nitriles is 1. The van der Waals surface area contributed by atoms with Crippen molar-refractivity contribution in [3.63, 3.8) is 0 Å². The fourth-order valence-electron chi connectivity index (χ4n) is 3.00. The van der Waals surface area contributed by atoms with Crippen molar-refractivity contribution in [3.05, 3.63) is 71.4 Å². The molecule has 0 spiro atoms. The zero-order valence-corrected chi connectivity index (χ0v) is 16.3. The number of halogens is 1. The van der Waals surface area contributed by atoms with Crippen LogP contribution in [0.15, 0.2) is 48.9 Å². The molecule has 1 aromatic carbocycles. The monoisotopic (exact) mass is 410 g/mol. The highest BCUT2D eigenvalue weighted by Gasteiger charge is 2.16. The van der Waals surface area contributed by atoms with Crippen LogP contribution in [-0.2, 0) is 11.2 Å². The van der Waals surface area contributed by atoms with Crippen LogP contribution in [0.2, 0.25) is 0 Å². The standard InChI is InChI=1S/C20H18N6O2.ClH/c21-10-16-11-24-20(13-23-16)26-7-5-17(25-26)18(27)9-14-1-3-15(4-2-14)19-12-22-6-8-28-19;/h1-5,7,11,13,19,22H,6,8-9,12H2;1H/t19-;/m1./s1. The van der Waals surface area contributed by atoms with Gasteiger partial charge in [0.1, 0.15) is 11.8 Å². The van der Waals surface area contributed by atoms with Gasteiger partial charge in [-0.05, 0) is 17.2 Å². The molecule has 0 amide bonds. The first-order valence-corrected chi connectivity index (χ1v) is 8.95. The highest BCUT2D eigenvalue weighted by molar-refractivity contribution is 5.95. The topological polar surface area (TPSA) is 106 Å². The molecule has 8 nitrogen and oxygen atoms in total. The van der Waals surface area contributed by atoms with Crippen molar-refractivity contribution >= 4 is 18.2 Å². The summed E-state index contributed by atoms with van der Waals surface area (Å²) in [5, 5.41) is 16.4. The Morgan fingerprint density at radius 3 is 2.72 bits per heavy atom. The van der Waals surface area contributed by atoms with E-state index in [9.17, 15) is 4.79 Å². The van der Waals surface area contributed by atoms with Crippen LogP contribution in [0.5, 0.6) is 0 Å². The van der Waals surface area contributed by atoms with Gasteiger partial charge in [-0.1, -0.05) is 24.3 Å². The minimum atomic E-state index is -0.0799. The van der Waals surface area contributed by atoms with Crippen molar-refractivity contribution in [2.24, 2.45) is 0 Å². The summed E-state index contributed by atoms with van der Waals surface area (Å²) in [6.45, 7) is 2.38. The van der Waals surface area contributed by atoms with Crippen molar-refractivity contribution in [2.75, 3.05) is 19.7 Å². The van der Waals surface area contributed by atoms with Crippen molar-refractivity contribution < 1.29 is 9.53 Å². The van der Waals surface area contributed by atoms with Crippen LogP contribution in [0.25, 0.3) is 5.82 Å². The first-order valence-electron chi connectivity index (χ1n) is 8.95. The molecular formula is C20H19ClN6O2. The van der Waals surface area contributed by atoms with E-state index in [-0.39, 0.29) is 36.4 Å². The van der Waals surface area contributed by atoms with E-state index in [1.165, 1.54) is 17.1 Å². The van der Waals surface area contributed by atoms with Crippen LogP contribution >= 0.6 is 12.4 Å². The summed E-state index contributed by atoms with van der Waals surface area (Å²) in [7, 11) is 0. The summed E-state index contributed by atoms with van der Waals surface area (Å²) in [4.78, 5) is 20.6. The minimum Gasteiger partial charge on any atom is -0.371 e. The molecule has 148 valence electrons.